The van der Waals surface area contributed by atoms with Crippen LogP contribution in [0.2, 0.25) is 0 Å². The van der Waals surface area contributed by atoms with Crippen molar-refractivity contribution in [2.45, 2.75) is 20.0 Å². The number of hydrogen-bond donors (Lipinski definition) is 1. The third-order valence-electron chi connectivity index (χ3n) is 1.27. The van der Waals surface area contributed by atoms with E-state index >= 15 is 0 Å². The van der Waals surface area contributed by atoms with Crippen LogP contribution in [0.3, 0.4) is 0 Å². The standard InChI is InChI=1S/C6H10F2O3/c1-2-4(5(9)10)3-11-6(7)8/h4,6H,2-3H2,1H3,(H,9,10). The minimum absolute atomic E-state index is 0.294. The molecule has 11 heavy (non-hydrogen) atoms. The molecule has 0 aromatic rings. The van der Waals surface area contributed by atoms with Crippen LogP contribution in [-0.2, 0) is 9.53 Å². The van der Waals surface area contributed by atoms with Gasteiger partial charge in [-0.05, 0) is 6.42 Å². The monoisotopic (exact) mass is 168 g/mol. The molecule has 3 nitrogen and oxygen atoms in total. The summed E-state index contributed by atoms with van der Waals surface area (Å²) >= 11 is 0. The Bertz CT molecular complexity index is 127. The molecule has 0 saturated carbocycles. The Morgan fingerprint density at radius 2 is 2.18 bits per heavy atom. The van der Waals surface area contributed by atoms with Gasteiger partial charge in [0.25, 0.3) is 0 Å². The van der Waals surface area contributed by atoms with Gasteiger partial charge in [0, 0.05) is 0 Å². The number of ether oxygens (including phenoxy) is 1. The van der Waals surface area contributed by atoms with Crippen molar-refractivity contribution in [3.63, 3.8) is 0 Å². The molecular weight excluding hydrogens is 158 g/mol. The fourth-order valence-corrected chi connectivity index (χ4v) is 0.553. The van der Waals surface area contributed by atoms with Crippen molar-refractivity contribution in [1.29, 1.82) is 0 Å². The molecule has 0 aromatic carbocycles. The lowest BCUT2D eigenvalue weighted by atomic mass is 10.1. The van der Waals surface area contributed by atoms with Crippen LogP contribution in [0, 0.1) is 5.92 Å². The average Bonchev–Trinajstić information content (AvgIpc) is 1.87. The lowest BCUT2D eigenvalue weighted by molar-refractivity contribution is -0.158. The molecule has 0 spiro atoms. The summed E-state index contributed by atoms with van der Waals surface area (Å²) in [6.07, 6.45) is 0.294. The van der Waals surface area contributed by atoms with Gasteiger partial charge in [-0.25, -0.2) is 0 Å². The van der Waals surface area contributed by atoms with Crippen LogP contribution in [0.4, 0.5) is 8.78 Å². The second kappa shape index (κ2) is 5.01. The van der Waals surface area contributed by atoms with Gasteiger partial charge < -0.3 is 9.84 Å². The number of hydrogen-bond acceptors (Lipinski definition) is 2. The van der Waals surface area contributed by atoms with Crippen LogP contribution in [0.1, 0.15) is 13.3 Å². The maximum Gasteiger partial charge on any atom is 0.345 e. The largest absolute Gasteiger partial charge is 0.481 e. The van der Waals surface area contributed by atoms with Crippen molar-refractivity contribution < 1.29 is 23.4 Å². The molecular formula is C6H10F2O3. The van der Waals surface area contributed by atoms with E-state index in [1.807, 2.05) is 0 Å². The van der Waals surface area contributed by atoms with Crippen LogP contribution in [0.25, 0.3) is 0 Å². The summed E-state index contributed by atoms with van der Waals surface area (Å²) < 4.78 is 26.6. The van der Waals surface area contributed by atoms with Gasteiger partial charge in [-0.15, -0.1) is 0 Å². The summed E-state index contributed by atoms with van der Waals surface area (Å²) in [6.45, 7) is -1.71. The van der Waals surface area contributed by atoms with Crippen molar-refractivity contribution >= 4 is 5.97 Å². The van der Waals surface area contributed by atoms with E-state index in [4.69, 9.17) is 5.11 Å². The highest BCUT2D eigenvalue weighted by Crippen LogP contribution is 2.06. The molecule has 0 heterocycles. The van der Waals surface area contributed by atoms with Gasteiger partial charge in [0.05, 0.1) is 12.5 Å². The number of rotatable bonds is 5. The third kappa shape index (κ3) is 4.66. The molecule has 0 amide bonds. The Morgan fingerprint density at radius 3 is 2.45 bits per heavy atom. The zero-order chi connectivity index (χ0) is 8.85. The highest BCUT2D eigenvalue weighted by molar-refractivity contribution is 5.69. The Balaban J connectivity index is 3.61. The second-order valence-corrected chi connectivity index (χ2v) is 2.04. The SMILES string of the molecule is CCC(COC(F)F)C(=O)O. The van der Waals surface area contributed by atoms with E-state index in [9.17, 15) is 13.6 Å². The summed E-state index contributed by atoms with van der Waals surface area (Å²) in [4.78, 5) is 10.2. The molecule has 0 aromatic heterocycles. The molecule has 0 fully saturated rings. The van der Waals surface area contributed by atoms with E-state index in [1.54, 1.807) is 6.92 Å². The summed E-state index contributed by atoms with van der Waals surface area (Å²) in [5.74, 6) is -1.93. The van der Waals surface area contributed by atoms with Crippen LogP contribution < -0.4 is 0 Å². The molecule has 0 rings (SSSR count). The van der Waals surface area contributed by atoms with E-state index in [1.165, 1.54) is 0 Å². The summed E-state index contributed by atoms with van der Waals surface area (Å²) in [7, 11) is 0. The van der Waals surface area contributed by atoms with Crippen molar-refractivity contribution in [2.75, 3.05) is 6.61 Å². The molecule has 1 unspecified atom stereocenters. The van der Waals surface area contributed by atoms with Crippen molar-refractivity contribution in [1.82, 2.24) is 0 Å². The van der Waals surface area contributed by atoms with Crippen LogP contribution in [-0.4, -0.2) is 24.3 Å². The molecule has 0 aliphatic heterocycles. The van der Waals surface area contributed by atoms with Gasteiger partial charge in [-0.1, -0.05) is 6.92 Å². The molecule has 0 saturated heterocycles. The summed E-state index contributed by atoms with van der Waals surface area (Å²) in [5, 5.41) is 8.36. The first kappa shape index (κ1) is 10.3. The number of aliphatic carboxylic acids is 1. The number of carbonyl (C=O) groups is 1. The maximum atomic E-state index is 11.4. The van der Waals surface area contributed by atoms with Gasteiger partial charge in [-0.2, -0.15) is 8.78 Å². The molecule has 1 N–H and O–H groups in total. The number of carboxylic acids is 1. The minimum atomic E-state index is -2.89. The first-order valence-electron chi connectivity index (χ1n) is 3.20. The molecule has 5 heteroatoms. The lowest BCUT2D eigenvalue weighted by Crippen LogP contribution is -2.20. The number of halogens is 2. The summed E-state index contributed by atoms with van der Waals surface area (Å²) in [6, 6.07) is 0. The van der Waals surface area contributed by atoms with Crippen molar-refractivity contribution in [2.24, 2.45) is 5.92 Å². The van der Waals surface area contributed by atoms with Gasteiger partial charge >= 0.3 is 12.6 Å². The van der Waals surface area contributed by atoms with E-state index in [0.717, 1.165) is 0 Å². The predicted molar refractivity (Wildman–Crippen MR) is 33.4 cm³/mol. The first-order valence-corrected chi connectivity index (χ1v) is 3.20. The average molecular weight is 168 g/mol. The van der Waals surface area contributed by atoms with E-state index in [0.29, 0.717) is 6.42 Å². The quantitative estimate of drug-likeness (QED) is 0.673. The van der Waals surface area contributed by atoms with E-state index in [2.05, 4.69) is 4.74 Å². The van der Waals surface area contributed by atoms with Crippen LogP contribution >= 0.6 is 0 Å². The lowest BCUT2D eigenvalue weighted by Gasteiger charge is -2.08. The minimum Gasteiger partial charge on any atom is -0.481 e. The zero-order valence-corrected chi connectivity index (χ0v) is 6.09. The molecule has 0 bridgehead atoms. The van der Waals surface area contributed by atoms with Crippen molar-refractivity contribution in [3.8, 4) is 0 Å². The Kier molecular flexibility index (Phi) is 4.69. The number of carboxylic acid groups (broad SMARTS) is 1. The number of alkyl halides is 2. The fourth-order valence-electron chi connectivity index (χ4n) is 0.553. The van der Waals surface area contributed by atoms with Crippen LogP contribution in [0.15, 0.2) is 0 Å². The first-order chi connectivity index (χ1) is 5.07. The van der Waals surface area contributed by atoms with E-state index in [-0.39, 0.29) is 0 Å². The fraction of sp³-hybridized carbons (Fsp3) is 0.833. The second-order valence-electron chi connectivity index (χ2n) is 2.04. The van der Waals surface area contributed by atoms with Gasteiger partial charge in [0.2, 0.25) is 0 Å². The van der Waals surface area contributed by atoms with Crippen molar-refractivity contribution in [3.05, 3.63) is 0 Å². The smallest absolute Gasteiger partial charge is 0.345 e. The van der Waals surface area contributed by atoms with Gasteiger partial charge in [0.1, 0.15) is 0 Å². The maximum absolute atomic E-state index is 11.4. The molecule has 1 atom stereocenters. The normalized spacial score (nSPS) is 13.5. The predicted octanol–water partition coefficient (Wildman–Crippen LogP) is 1.34. The Morgan fingerprint density at radius 1 is 1.64 bits per heavy atom. The molecule has 0 aliphatic rings. The van der Waals surface area contributed by atoms with Crippen LogP contribution in [0.5, 0.6) is 0 Å². The molecule has 66 valence electrons. The highest BCUT2D eigenvalue weighted by Gasteiger charge is 2.16. The van der Waals surface area contributed by atoms with E-state index < -0.39 is 25.1 Å². The summed E-state index contributed by atoms with van der Waals surface area (Å²) in [5.41, 5.74) is 0. The Labute approximate surface area is 63.0 Å². The van der Waals surface area contributed by atoms with Gasteiger partial charge in [0.15, 0.2) is 0 Å². The molecule has 0 radical (unpaired) electrons. The third-order valence-corrected chi connectivity index (χ3v) is 1.27. The Hall–Kier alpha value is -0.710. The van der Waals surface area contributed by atoms with Gasteiger partial charge in [-0.3, -0.25) is 4.79 Å². The zero-order valence-electron chi connectivity index (χ0n) is 6.09. The highest BCUT2D eigenvalue weighted by atomic mass is 19.3. The molecule has 0 aliphatic carbocycles. The topological polar surface area (TPSA) is 46.5 Å².